The van der Waals surface area contributed by atoms with Gasteiger partial charge in [-0.1, -0.05) is 20.1 Å². The maximum Gasteiger partial charge on any atom is 0.0999 e. The van der Waals surface area contributed by atoms with E-state index >= 15 is 0 Å². The van der Waals surface area contributed by atoms with Gasteiger partial charge in [0.1, 0.15) is 0 Å². The van der Waals surface area contributed by atoms with Gasteiger partial charge in [-0.05, 0) is 13.0 Å². The molecule has 0 N–H and O–H groups in total. The van der Waals surface area contributed by atoms with Crippen LogP contribution < -0.4 is 0 Å². The summed E-state index contributed by atoms with van der Waals surface area (Å²) in [6.45, 7) is 13.6. The van der Waals surface area contributed by atoms with Gasteiger partial charge >= 0.3 is 0 Å². The van der Waals surface area contributed by atoms with Crippen LogP contribution in [-0.2, 0) is 9.47 Å². The minimum Gasteiger partial charge on any atom is -0.502 e. The van der Waals surface area contributed by atoms with Crippen LogP contribution in [0.4, 0.5) is 0 Å². The van der Waals surface area contributed by atoms with Crippen molar-refractivity contribution in [3.05, 3.63) is 25.7 Å². The molecule has 0 aromatic rings. The number of likely N-dealkylation sites (N-methyl/N-ethyl adjacent to an activating group) is 1. The van der Waals surface area contributed by atoms with E-state index in [0.717, 1.165) is 32.7 Å². The lowest BCUT2D eigenvalue weighted by molar-refractivity contribution is 0.166. The summed E-state index contributed by atoms with van der Waals surface area (Å²) in [6.07, 6.45) is 3.99. The Morgan fingerprint density at radius 2 is 1.71 bits per heavy atom. The van der Waals surface area contributed by atoms with Crippen LogP contribution in [0.2, 0.25) is 0 Å². The van der Waals surface area contributed by atoms with Crippen LogP contribution in [0, 0.1) is 0 Å². The lowest BCUT2D eigenvalue weighted by Crippen LogP contribution is -2.28. The average molecular weight is 199 g/mol. The molecule has 0 heterocycles. The van der Waals surface area contributed by atoms with Crippen molar-refractivity contribution >= 4 is 0 Å². The monoisotopic (exact) mass is 199 g/mol. The maximum atomic E-state index is 5.07. The second kappa shape index (κ2) is 10.1. The fraction of sp³-hybridized carbons (Fsp3) is 0.636. The topological polar surface area (TPSA) is 21.7 Å². The van der Waals surface area contributed by atoms with Crippen LogP contribution in [0.25, 0.3) is 0 Å². The van der Waals surface area contributed by atoms with Crippen molar-refractivity contribution < 1.29 is 9.47 Å². The Labute approximate surface area is 87.0 Å². The maximum absolute atomic E-state index is 5.07. The third kappa shape index (κ3) is 7.68. The molecule has 0 radical (unpaired) electrons. The van der Waals surface area contributed by atoms with E-state index in [2.05, 4.69) is 25.0 Å². The Morgan fingerprint density at radius 3 is 2.29 bits per heavy atom. The molecule has 0 amide bonds. The van der Waals surface area contributed by atoms with E-state index in [1.165, 1.54) is 12.5 Å². The molecule has 0 saturated heterocycles. The highest BCUT2D eigenvalue weighted by Gasteiger charge is 2.00. The molecule has 0 saturated carbocycles. The number of ether oxygens (including phenoxy) is 2. The van der Waals surface area contributed by atoms with Crippen molar-refractivity contribution in [2.45, 2.75) is 13.3 Å². The fourth-order valence-corrected chi connectivity index (χ4v) is 1.15. The van der Waals surface area contributed by atoms with Crippen molar-refractivity contribution in [3.63, 3.8) is 0 Å². The zero-order valence-electron chi connectivity index (χ0n) is 9.08. The summed E-state index contributed by atoms with van der Waals surface area (Å²) < 4.78 is 10.1. The van der Waals surface area contributed by atoms with Gasteiger partial charge in [0.15, 0.2) is 0 Å². The Bertz CT molecular complexity index is 148. The minimum atomic E-state index is 0.708. The van der Waals surface area contributed by atoms with Gasteiger partial charge in [0, 0.05) is 13.1 Å². The second-order valence-electron chi connectivity index (χ2n) is 2.86. The second-order valence-corrected chi connectivity index (χ2v) is 2.86. The summed E-state index contributed by atoms with van der Waals surface area (Å²) in [6, 6.07) is 0. The largest absolute Gasteiger partial charge is 0.502 e. The molecule has 0 unspecified atom stereocenters. The van der Waals surface area contributed by atoms with Crippen LogP contribution in [0.1, 0.15) is 13.3 Å². The molecular formula is C11H21NO2. The zero-order valence-corrected chi connectivity index (χ0v) is 9.08. The van der Waals surface area contributed by atoms with E-state index in [1.54, 1.807) is 0 Å². The van der Waals surface area contributed by atoms with E-state index < -0.39 is 0 Å². The first-order valence-corrected chi connectivity index (χ1v) is 5.02. The summed E-state index contributed by atoms with van der Waals surface area (Å²) in [7, 11) is 0. The standard InChI is InChI=1S/C11H21NO2/c1-4-12(9-11-14-6-3)8-7-10-13-5-2/h5-6H,2-4,7-11H2,1H3. The quantitative estimate of drug-likeness (QED) is 0.397. The van der Waals surface area contributed by atoms with Crippen LogP contribution >= 0.6 is 0 Å². The fourth-order valence-electron chi connectivity index (χ4n) is 1.15. The average Bonchev–Trinajstić information content (AvgIpc) is 2.22. The molecule has 0 fully saturated rings. The van der Waals surface area contributed by atoms with Crippen LogP contribution in [-0.4, -0.2) is 37.7 Å². The normalized spacial score (nSPS) is 9.86. The lowest BCUT2D eigenvalue weighted by Gasteiger charge is -2.19. The van der Waals surface area contributed by atoms with Gasteiger partial charge in [0.05, 0.1) is 25.7 Å². The molecular weight excluding hydrogens is 178 g/mol. The van der Waals surface area contributed by atoms with E-state index in [4.69, 9.17) is 9.47 Å². The Morgan fingerprint density at radius 1 is 1.07 bits per heavy atom. The number of nitrogens with zero attached hydrogens (tertiary/aromatic N) is 1. The first kappa shape index (κ1) is 13.0. The molecule has 3 nitrogen and oxygen atoms in total. The summed E-state index contributed by atoms with van der Waals surface area (Å²) >= 11 is 0. The van der Waals surface area contributed by atoms with Crippen LogP contribution in [0.15, 0.2) is 25.7 Å². The molecule has 14 heavy (non-hydrogen) atoms. The Balaban J connectivity index is 3.37. The van der Waals surface area contributed by atoms with Gasteiger partial charge in [0.2, 0.25) is 0 Å². The third-order valence-corrected chi connectivity index (χ3v) is 1.94. The van der Waals surface area contributed by atoms with E-state index in [1.807, 2.05) is 0 Å². The number of rotatable bonds is 10. The van der Waals surface area contributed by atoms with Gasteiger partial charge in [-0.2, -0.15) is 0 Å². The molecule has 0 aromatic heterocycles. The molecule has 0 aromatic carbocycles. The first-order valence-electron chi connectivity index (χ1n) is 5.02. The highest BCUT2D eigenvalue weighted by atomic mass is 16.5. The van der Waals surface area contributed by atoms with Gasteiger partial charge < -0.3 is 14.4 Å². The Kier molecular flexibility index (Phi) is 9.43. The first-order chi connectivity index (χ1) is 6.85. The summed E-state index contributed by atoms with van der Waals surface area (Å²) in [5.74, 6) is 0. The molecule has 0 atom stereocenters. The number of hydrogen-bond acceptors (Lipinski definition) is 3. The molecule has 0 aliphatic carbocycles. The van der Waals surface area contributed by atoms with Crippen LogP contribution in [0.3, 0.4) is 0 Å². The van der Waals surface area contributed by atoms with Crippen LogP contribution in [0.5, 0.6) is 0 Å². The highest BCUT2D eigenvalue weighted by molar-refractivity contribution is 4.58. The number of hydrogen-bond donors (Lipinski definition) is 0. The summed E-state index contributed by atoms with van der Waals surface area (Å²) in [4.78, 5) is 2.32. The zero-order chi connectivity index (χ0) is 10.6. The van der Waals surface area contributed by atoms with Gasteiger partial charge in [-0.15, -0.1) is 0 Å². The molecule has 0 aliphatic heterocycles. The van der Waals surface area contributed by atoms with Crippen molar-refractivity contribution in [1.82, 2.24) is 4.90 Å². The van der Waals surface area contributed by atoms with E-state index in [9.17, 15) is 0 Å². The SMILES string of the molecule is C=COCCCN(CC)CCOC=C. The molecule has 0 aliphatic rings. The van der Waals surface area contributed by atoms with E-state index in [0.29, 0.717) is 6.61 Å². The third-order valence-electron chi connectivity index (χ3n) is 1.94. The Hall–Kier alpha value is -0.960. The minimum absolute atomic E-state index is 0.708. The summed E-state index contributed by atoms with van der Waals surface area (Å²) in [5, 5.41) is 0. The predicted octanol–water partition coefficient (Wildman–Crippen LogP) is 2.02. The molecule has 82 valence electrons. The molecule has 3 heteroatoms. The predicted molar refractivity (Wildman–Crippen MR) is 59.0 cm³/mol. The molecule has 0 rings (SSSR count). The van der Waals surface area contributed by atoms with E-state index in [-0.39, 0.29) is 0 Å². The van der Waals surface area contributed by atoms with Crippen molar-refractivity contribution in [2.24, 2.45) is 0 Å². The van der Waals surface area contributed by atoms with Crippen molar-refractivity contribution in [2.75, 3.05) is 32.8 Å². The van der Waals surface area contributed by atoms with Crippen molar-refractivity contribution in [1.29, 1.82) is 0 Å². The van der Waals surface area contributed by atoms with Gasteiger partial charge in [-0.3, -0.25) is 0 Å². The molecule has 0 bridgehead atoms. The van der Waals surface area contributed by atoms with Gasteiger partial charge in [0.25, 0.3) is 0 Å². The van der Waals surface area contributed by atoms with Gasteiger partial charge in [-0.25, -0.2) is 0 Å². The lowest BCUT2D eigenvalue weighted by atomic mass is 10.4. The molecule has 0 spiro atoms. The highest BCUT2D eigenvalue weighted by Crippen LogP contribution is 1.92. The van der Waals surface area contributed by atoms with Crippen molar-refractivity contribution in [3.8, 4) is 0 Å². The summed E-state index contributed by atoms with van der Waals surface area (Å²) in [5.41, 5.74) is 0. The smallest absolute Gasteiger partial charge is 0.0999 e.